The zero-order chi connectivity index (χ0) is 20.4. The molecule has 2 aromatic rings. The molecule has 3 atom stereocenters. The molecule has 2 aliphatic rings. The summed E-state index contributed by atoms with van der Waals surface area (Å²) < 4.78 is 5.30. The average Bonchev–Trinajstić information content (AvgIpc) is 3.27. The summed E-state index contributed by atoms with van der Waals surface area (Å²) in [5.41, 5.74) is 9.50. The largest absolute Gasteiger partial charge is 0.497 e. The van der Waals surface area contributed by atoms with E-state index in [-0.39, 0.29) is 36.8 Å². The number of amides is 1. The van der Waals surface area contributed by atoms with Crippen LogP contribution in [0.2, 0.25) is 0 Å². The topological polar surface area (TPSA) is 58.8 Å². The van der Waals surface area contributed by atoms with Gasteiger partial charge in [-0.3, -0.25) is 9.69 Å². The molecule has 0 radical (unpaired) electrons. The van der Waals surface area contributed by atoms with Gasteiger partial charge in [0.25, 0.3) is 0 Å². The molecule has 0 bridgehead atoms. The first-order valence-corrected chi connectivity index (χ1v) is 10.5. The maximum atomic E-state index is 12.3. The van der Waals surface area contributed by atoms with E-state index in [1.165, 1.54) is 16.7 Å². The highest BCUT2D eigenvalue weighted by molar-refractivity contribution is 5.85. The molecule has 31 heavy (non-hydrogen) atoms. The number of likely N-dealkylation sites (tertiary alicyclic amines) is 2. The lowest BCUT2D eigenvalue weighted by Gasteiger charge is -2.29. The Morgan fingerprint density at radius 3 is 2.23 bits per heavy atom. The van der Waals surface area contributed by atoms with Crippen LogP contribution >= 0.6 is 24.8 Å². The smallest absolute Gasteiger partial charge is 0.219 e. The second-order valence-corrected chi connectivity index (χ2v) is 8.36. The lowest BCUT2D eigenvalue weighted by Crippen LogP contribution is -2.34. The highest BCUT2D eigenvalue weighted by atomic mass is 35.5. The average molecular weight is 466 g/mol. The minimum Gasteiger partial charge on any atom is -0.497 e. The van der Waals surface area contributed by atoms with E-state index in [9.17, 15) is 4.79 Å². The Kier molecular flexibility index (Phi) is 9.19. The summed E-state index contributed by atoms with van der Waals surface area (Å²) in [5.74, 6) is 2.03. The fraction of sp³-hybridized carbons (Fsp3) is 0.458. The Morgan fingerprint density at radius 1 is 1.00 bits per heavy atom. The number of carbonyl (C=O) groups is 1. The van der Waals surface area contributed by atoms with Crippen molar-refractivity contribution in [1.82, 2.24) is 9.80 Å². The van der Waals surface area contributed by atoms with Crippen molar-refractivity contribution in [3.8, 4) is 5.75 Å². The first kappa shape index (κ1) is 25.5. The maximum Gasteiger partial charge on any atom is 0.219 e. The van der Waals surface area contributed by atoms with Crippen LogP contribution in [0.25, 0.3) is 0 Å². The van der Waals surface area contributed by atoms with E-state index in [1.807, 2.05) is 12.1 Å². The zero-order valence-corrected chi connectivity index (χ0v) is 19.8. The molecule has 2 aliphatic heterocycles. The summed E-state index contributed by atoms with van der Waals surface area (Å²) in [6.07, 6.45) is 0.929. The summed E-state index contributed by atoms with van der Waals surface area (Å²) in [7, 11) is 1.68. The van der Waals surface area contributed by atoms with E-state index in [0.717, 1.165) is 38.3 Å². The standard InChI is InChI=1S/C24H31N3O2.2ClH/c1-17(28)27-15-21-14-26(13-19-5-3-18(4-6-19)11-12-25)16-23(21)24(27)20-7-9-22(29-2)10-8-20;;/h3-10,21,23-24H,11-16,25H2,1-2H3;2*1H/t21-,23-,24+;;/m1../s1. The SMILES string of the molecule is COc1ccc([C@H]2[C@@H]3CN(Cc4ccc(CCN)cc4)C[C@@H]3CN2C(C)=O)cc1.Cl.Cl. The van der Waals surface area contributed by atoms with Crippen LogP contribution in [0.3, 0.4) is 0 Å². The predicted molar refractivity (Wildman–Crippen MR) is 129 cm³/mol. The molecule has 0 aromatic heterocycles. The number of nitrogens with two attached hydrogens (primary N) is 1. The van der Waals surface area contributed by atoms with E-state index >= 15 is 0 Å². The molecule has 2 N–H and O–H groups in total. The van der Waals surface area contributed by atoms with Crippen LogP contribution in [0.1, 0.15) is 29.7 Å². The fourth-order valence-electron chi connectivity index (χ4n) is 5.05. The van der Waals surface area contributed by atoms with Crippen molar-refractivity contribution < 1.29 is 9.53 Å². The molecule has 0 aliphatic carbocycles. The van der Waals surface area contributed by atoms with Crippen molar-refractivity contribution >= 4 is 30.7 Å². The molecule has 170 valence electrons. The van der Waals surface area contributed by atoms with Crippen molar-refractivity contribution in [2.45, 2.75) is 25.9 Å². The van der Waals surface area contributed by atoms with Crippen molar-refractivity contribution in [2.75, 3.05) is 33.3 Å². The van der Waals surface area contributed by atoms with Crippen LogP contribution in [0.15, 0.2) is 48.5 Å². The van der Waals surface area contributed by atoms with Crippen LogP contribution in [0.5, 0.6) is 5.75 Å². The molecule has 1 amide bonds. The van der Waals surface area contributed by atoms with Gasteiger partial charge in [-0.25, -0.2) is 0 Å². The van der Waals surface area contributed by atoms with Crippen molar-refractivity contribution in [1.29, 1.82) is 0 Å². The van der Waals surface area contributed by atoms with Gasteiger partial charge in [-0.1, -0.05) is 36.4 Å². The van der Waals surface area contributed by atoms with Gasteiger partial charge in [0.1, 0.15) is 5.75 Å². The van der Waals surface area contributed by atoms with Crippen LogP contribution in [0, 0.1) is 11.8 Å². The summed E-state index contributed by atoms with van der Waals surface area (Å²) in [5, 5.41) is 0. The molecule has 5 nitrogen and oxygen atoms in total. The summed E-state index contributed by atoms with van der Waals surface area (Å²) >= 11 is 0. The number of hydrogen-bond donors (Lipinski definition) is 1. The molecule has 7 heteroatoms. The number of nitrogens with zero attached hydrogens (tertiary/aromatic N) is 2. The third-order valence-electron chi connectivity index (χ3n) is 6.46. The van der Waals surface area contributed by atoms with E-state index in [0.29, 0.717) is 18.4 Å². The lowest BCUT2D eigenvalue weighted by atomic mass is 9.89. The number of hydrogen-bond acceptors (Lipinski definition) is 4. The van der Waals surface area contributed by atoms with Gasteiger partial charge >= 0.3 is 0 Å². The molecule has 2 fully saturated rings. The van der Waals surface area contributed by atoms with Crippen LogP contribution in [-0.2, 0) is 17.8 Å². The lowest BCUT2D eigenvalue weighted by molar-refractivity contribution is -0.130. The second-order valence-electron chi connectivity index (χ2n) is 8.36. The van der Waals surface area contributed by atoms with Gasteiger partial charge in [-0.05, 0) is 47.7 Å². The highest BCUT2D eigenvalue weighted by Gasteiger charge is 2.48. The first-order valence-electron chi connectivity index (χ1n) is 10.5. The molecule has 0 saturated carbocycles. The third kappa shape index (κ3) is 5.53. The van der Waals surface area contributed by atoms with E-state index in [2.05, 4.69) is 46.2 Å². The van der Waals surface area contributed by atoms with Gasteiger partial charge in [0.15, 0.2) is 0 Å². The minimum absolute atomic E-state index is 0. The Bertz CT molecular complexity index is 845. The minimum atomic E-state index is 0. The van der Waals surface area contributed by atoms with Crippen molar-refractivity contribution in [3.05, 3.63) is 65.2 Å². The first-order chi connectivity index (χ1) is 14.1. The Hall–Kier alpha value is -1.79. The maximum absolute atomic E-state index is 12.3. The molecule has 2 aromatic carbocycles. The molecular weight excluding hydrogens is 433 g/mol. The van der Waals surface area contributed by atoms with Crippen LogP contribution < -0.4 is 10.5 Å². The Balaban J connectivity index is 0.00000171. The van der Waals surface area contributed by atoms with E-state index in [1.54, 1.807) is 14.0 Å². The van der Waals surface area contributed by atoms with Crippen LogP contribution in [0.4, 0.5) is 0 Å². The molecule has 0 unspecified atom stereocenters. The number of ether oxygens (including phenoxy) is 1. The van der Waals surface area contributed by atoms with Crippen molar-refractivity contribution in [2.24, 2.45) is 17.6 Å². The quantitative estimate of drug-likeness (QED) is 0.706. The number of methoxy groups -OCH3 is 1. The fourth-order valence-corrected chi connectivity index (χ4v) is 5.05. The number of carbonyl (C=O) groups excluding carboxylic acids is 1. The van der Waals surface area contributed by atoms with Gasteiger partial charge in [0.2, 0.25) is 5.91 Å². The normalized spacial score (nSPS) is 22.4. The number of benzene rings is 2. The zero-order valence-electron chi connectivity index (χ0n) is 18.2. The number of rotatable bonds is 6. The Morgan fingerprint density at radius 2 is 1.65 bits per heavy atom. The molecule has 2 saturated heterocycles. The molecule has 4 rings (SSSR count). The number of fused-ring (bicyclic) bond motifs is 1. The Labute approximate surface area is 197 Å². The van der Waals surface area contributed by atoms with Gasteiger partial charge in [-0.2, -0.15) is 0 Å². The summed E-state index contributed by atoms with van der Waals surface area (Å²) in [6.45, 7) is 6.27. The van der Waals surface area contributed by atoms with Crippen LogP contribution in [-0.4, -0.2) is 49.0 Å². The molecular formula is C24H33Cl2N3O2. The van der Waals surface area contributed by atoms with E-state index < -0.39 is 0 Å². The molecule has 0 spiro atoms. The molecule has 2 heterocycles. The van der Waals surface area contributed by atoms with Gasteiger partial charge < -0.3 is 15.4 Å². The summed E-state index contributed by atoms with van der Waals surface area (Å²) in [6, 6.07) is 17.2. The highest BCUT2D eigenvalue weighted by Crippen LogP contribution is 2.45. The number of halogens is 2. The second kappa shape index (κ2) is 11.2. The van der Waals surface area contributed by atoms with Crippen molar-refractivity contribution in [3.63, 3.8) is 0 Å². The van der Waals surface area contributed by atoms with E-state index in [4.69, 9.17) is 10.5 Å². The summed E-state index contributed by atoms with van der Waals surface area (Å²) in [4.78, 5) is 16.9. The predicted octanol–water partition coefficient (Wildman–Crippen LogP) is 3.69. The third-order valence-corrected chi connectivity index (χ3v) is 6.46. The van der Waals surface area contributed by atoms with Gasteiger partial charge in [0, 0.05) is 39.0 Å². The van der Waals surface area contributed by atoms with Gasteiger partial charge in [0.05, 0.1) is 13.2 Å². The monoisotopic (exact) mass is 465 g/mol. The van der Waals surface area contributed by atoms with Gasteiger partial charge in [-0.15, -0.1) is 24.8 Å².